The Balaban J connectivity index is 1.95. The van der Waals surface area contributed by atoms with E-state index in [0.29, 0.717) is 25.6 Å². The van der Waals surface area contributed by atoms with Crippen molar-refractivity contribution in [3.8, 4) is 0 Å². The SMILES string of the molecule is C=CCOC(=O)C1=C(C)N=c2sc(=Cc3ccccc3Cl)c(=O)n2C1c1ccccc1. The molecule has 0 bridgehead atoms. The molecule has 1 aliphatic heterocycles. The number of ether oxygens (including phenoxy) is 1. The summed E-state index contributed by atoms with van der Waals surface area (Å²) in [5.74, 6) is -0.518. The molecule has 0 N–H and O–H groups in total. The molecule has 1 unspecified atom stereocenters. The number of thiazole rings is 1. The number of benzene rings is 2. The highest BCUT2D eigenvalue weighted by Gasteiger charge is 2.33. The Bertz CT molecular complexity index is 1370. The molecule has 1 aliphatic rings. The summed E-state index contributed by atoms with van der Waals surface area (Å²) in [4.78, 5) is 31.4. The number of aromatic nitrogens is 1. The first-order valence-electron chi connectivity index (χ1n) is 9.61. The molecule has 5 nitrogen and oxygen atoms in total. The molecule has 0 aliphatic carbocycles. The minimum Gasteiger partial charge on any atom is -0.458 e. The molecule has 1 atom stereocenters. The van der Waals surface area contributed by atoms with Gasteiger partial charge in [-0.15, -0.1) is 0 Å². The van der Waals surface area contributed by atoms with E-state index in [2.05, 4.69) is 11.6 Å². The van der Waals surface area contributed by atoms with Crippen LogP contribution in [0.4, 0.5) is 0 Å². The van der Waals surface area contributed by atoms with Crippen LogP contribution in [-0.4, -0.2) is 17.1 Å². The van der Waals surface area contributed by atoms with Gasteiger partial charge in [-0.3, -0.25) is 9.36 Å². The average Bonchev–Trinajstić information content (AvgIpc) is 3.08. The standard InChI is InChI=1S/C24H19ClN2O3S/c1-3-13-30-23(29)20-15(2)26-24-27(21(20)16-9-5-4-6-10-16)22(28)19(31-24)14-17-11-7-8-12-18(17)25/h3-12,14,21H,1,13H2,2H3. The molecule has 3 aromatic rings. The fourth-order valence-electron chi connectivity index (χ4n) is 3.48. The third-order valence-electron chi connectivity index (χ3n) is 4.88. The number of rotatable bonds is 5. The molecule has 1 aromatic heterocycles. The Hall–Kier alpha value is -3.22. The Morgan fingerprint density at radius 2 is 1.94 bits per heavy atom. The van der Waals surface area contributed by atoms with Crippen molar-refractivity contribution in [2.75, 3.05) is 6.61 Å². The Kier molecular flexibility index (Phi) is 6.02. The second-order valence-electron chi connectivity index (χ2n) is 6.90. The number of allylic oxidation sites excluding steroid dienone is 1. The molecular weight excluding hydrogens is 432 g/mol. The van der Waals surface area contributed by atoms with E-state index in [9.17, 15) is 9.59 Å². The number of carbonyl (C=O) groups is 1. The van der Waals surface area contributed by atoms with Crippen LogP contribution in [0.15, 0.2) is 88.3 Å². The lowest BCUT2D eigenvalue weighted by atomic mass is 9.96. The van der Waals surface area contributed by atoms with E-state index in [-0.39, 0.29) is 12.2 Å². The molecule has 0 amide bonds. The van der Waals surface area contributed by atoms with Crippen LogP contribution in [0.1, 0.15) is 24.1 Å². The van der Waals surface area contributed by atoms with E-state index in [1.807, 2.05) is 48.5 Å². The Labute approximate surface area is 187 Å². The topological polar surface area (TPSA) is 60.7 Å². The monoisotopic (exact) mass is 450 g/mol. The zero-order valence-electron chi connectivity index (χ0n) is 16.7. The first-order valence-corrected chi connectivity index (χ1v) is 10.8. The molecule has 7 heteroatoms. The summed E-state index contributed by atoms with van der Waals surface area (Å²) in [5.41, 5.74) is 2.16. The lowest BCUT2D eigenvalue weighted by Crippen LogP contribution is -2.39. The average molecular weight is 451 g/mol. The summed E-state index contributed by atoms with van der Waals surface area (Å²) in [7, 11) is 0. The highest BCUT2D eigenvalue weighted by atomic mass is 35.5. The Morgan fingerprint density at radius 3 is 2.65 bits per heavy atom. The molecule has 0 saturated carbocycles. The smallest absolute Gasteiger partial charge is 0.338 e. The van der Waals surface area contributed by atoms with Gasteiger partial charge in [0.15, 0.2) is 4.80 Å². The third-order valence-corrected chi connectivity index (χ3v) is 6.21. The van der Waals surface area contributed by atoms with Crippen LogP contribution in [0.2, 0.25) is 5.02 Å². The second kappa shape index (κ2) is 8.88. The molecule has 31 heavy (non-hydrogen) atoms. The number of hydrogen-bond donors (Lipinski definition) is 0. The summed E-state index contributed by atoms with van der Waals surface area (Å²) < 4.78 is 7.36. The van der Waals surface area contributed by atoms with E-state index in [4.69, 9.17) is 16.3 Å². The van der Waals surface area contributed by atoms with Crippen LogP contribution in [0.5, 0.6) is 0 Å². The van der Waals surface area contributed by atoms with Gasteiger partial charge in [-0.1, -0.05) is 84.1 Å². The van der Waals surface area contributed by atoms with Gasteiger partial charge in [-0.2, -0.15) is 0 Å². The third kappa shape index (κ3) is 4.04. The summed E-state index contributed by atoms with van der Waals surface area (Å²) in [6.45, 7) is 5.42. The highest BCUT2D eigenvalue weighted by molar-refractivity contribution is 7.07. The number of esters is 1. The minimum atomic E-state index is -0.636. The van der Waals surface area contributed by atoms with Crippen molar-refractivity contribution in [1.82, 2.24) is 4.57 Å². The van der Waals surface area contributed by atoms with Crippen LogP contribution in [0, 0.1) is 0 Å². The lowest BCUT2D eigenvalue weighted by Gasteiger charge is -2.24. The second-order valence-corrected chi connectivity index (χ2v) is 8.32. The van der Waals surface area contributed by atoms with Gasteiger partial charge in [0.2, 0.25) is 0 Å². The number of nitrogens with zero attached hydrogens (tertiary/aromatic N) is 2. The van der Waals surface area contributed by atoms with Gasteiger partial charge in [0, 0.05) is 5.02 Å². The van der Waals surface area contributed by atoms with Crippen LogP contribution < -0.4 is 14.9 Å². The maximum absolute atomic E-state index is 13.5. The van der Waals surface area contributed by atoms with E-state index in [1.54, 1.807) is 23.6 Å². The zero-order valence-corrected chi connectivity index (χ0v) is 18.3. The predicted molar refractivity (Wildman–Crippen MR) is 123 cm³/mol. The largest absolute Gasteiger partial charge is 0.458 e. The van der Waals surface area contributed by atoms with E-state index < -0.39 is 12.0 Å². The highest BCUT2D eigenvalue weighted by Crippen LogP contribution is 2.30. The van der Waals surface area contributed by atoms with Gasteiger partial charge in [0.1, 0.15) is 6.61 Å². The fraction of sp³-hybridized carbons (Fsp3) is 0.125. The fourth-order valence-corrected chi connectivity index (χ4v) is 4.71. The van der Waals surface area contributed by atoms with Crippen LogP contribution in [-0.2, 0) is 9.53 Å². The maximum atomic E-state index is 13.5. The number of carbonyl (C=O) groups excluding carboxylic acids is 1. The van der Waals surface area contributed by atoms with Crippen LogP contribution in [0.3, 0.4) is 0 Å². The van der Waals surface area contributed by atoms with E-state index in [0.717, 1.165) is 11.1 Å². The van der Waals surface area contributed by atoms with Crippen molar-refractivity contribution < 1.29 is 9.53 Å². The van der Waals surface area contributed by atoms with Crippen molar-refractivity contribution >= 4 is 35.0 Å². The van der Waals surface area contributed by atoms with Crippen molar-refractivity contribution in [2.45, 2.75) is 13.0 Å². The van der Waals surface area contributed by atoms with Gasteiger partial charge in [0.25, 0.3) is 5.56 Å². The van der Waals surface area contributed by atoms with E-state index >= 15 is 0 Å². The zero-order chi connectivity index (χ0) is 22.0. The quantitative estimate of drug-likeness (QED) is 0.440. The van der Waals surface area contributed by atoms with Crippen LogP contribution >= 0.6 is 22.9 Å². The minimum absolute atomic E-state index is 0.0774. The summed E-state index contributed by atoms with van der Waals surface area (Å²) in [6, 6.07) is 16.1. The van der Waals surface area contributed by atoms with Crippen LogP contribution in [0.25, 0.3) is 6.08 Å². The number of fused-ring (bicyclic) bond motifs is 1. The van der Waals surface area contributed by atoms with Gasteiger partial charge in [0.05, 0.1) is 21.8 Å². The molecule has 2 aromatic carbocycles. The summed E-state index contributed by atoms with van der Waals surface area (Å²) in [5, 5.41) is 0.554. The first kappa shape index (κ1) is 21.0. The summed E-state index contributed by atoms with van der Waals surface area (Å²) in [6.07, 6.45) is 3.26. The maximum Gasteiger partial charge on any atom is 0.338 e. The predicted octanol–water partition coefficient (Wildman–Crippen LogP) is 3.62. The molecule has 0 fully saturated rings. The molecule has 0 radical (unpaired) electrons. The van der Waals surface area contributed by atoms with Gasteiger partial charge < -0.3 is 4.74 Å². The Morgan fingerprint density at radius 1 is 1.23 bits per heavy atom. The van der Waals surface area contributed by atoms with Crippen molar-refractivity contribution in [1.29, 1.82) is 0 Å². The van der Waals surface area contributed by atoms with Crippen molar-refractivity contribution in [2.24, 2.45) is 4.99 Å². The molecular formula is C24H19ClN2O3S. The van der Waals surface area contributed by atoms with E-state index in [1.165, 1.54) is 17.4 Å². The first-order chi connectivity index (χ1) is 15.0. The lowest BCUT2D eigenvalue weighted by molar-refractivity contribution is -0.138. The van der Waals surface area contributed by atoms with Gasteiger partial charge in [-0.05, 0) is 30.2 Å². The molecule has 2 heterocycles. The van der Waals surface area contributed by atoms with Crippen molar-refractivity contribution in [3.63, 3.8) is 0 Å². The molecule has 156 valence electrons. The molecule has 0 saturated heterocycles. The molecule has 4 rings (SSSR count). The van der Waals surface area contributed by atoms with Crippen molar-refractivity contribution in [3.05, 3.63) is 114 Å². The number of halogens is 1. The van der Waals surface area contributed by atoms with Gasteiger partial charge >= 0.3 is 5.97 Å². The van der Waals surface area contributed by atoms with Gasteiger partial charge in [-0.25, -0.2) is 9.79 Å². The molecule has 0 spiro atoms. The normalized spacial score (nSPS) is 15.9. The number of hydrogen-bond acceptors (Lipinski definition) is 5. The summed E-state index contributed by atoms with van der Waals surface area (Å²) >= 11 is 7.54.